The molecule has 0 radical (unpaired) electrons. The standard InChI is InChI=1S/C34H48N2.2C23H47.Pd/c1-4-7-10-13-18-28-20-16-23-30(25-28)33-27-32(22-15-12-9-6-3)34(36(33)35)31-24-17-21-29(26-31)19-14-11-8-5-2;2*1-3-5-7-9-11-13-15-17-19-21-23-22-20-18-16-14-12-10-8-6-4-2;/h16-17,20-21,23-27H,4-15,18-19,22H2,1-3H3;2*1,3-23H2,2H3;. The zero-order valence-corrected chi connectivity index (χ0v) is 58.2. The third-order valence-corrected chi connectivity index (χ3v) is 20.3. The van der Waals surface area contributed by atoms with Gasteiger partial charge in [-0.15, -0.1) is 0 Å². The third-order valence-electron chi connectivity index (χ3n) is 18.1. The Bertz CT molecular complexity index is 1730. The van der Waals surface area contributed by atoms with Gasteiger partial charge in [-0.3, -0.25) is 0 Å². The van der Waals surface area contributed by atoms with Gasteiger partial charge in [0.05, 0.1) is 0 Å². The van der Waals surface area contributed by atoms with Gasteiger partial charge >= 0.3 is 169 Å². The van der Waals surface area contributed by atoms with Crippen molar-refractivity contribution in [3.05, 3.63) is 88.0 Å². The maximum atomic E-state index is 11.5. The number of rotatable bonds is 61. The van der Waals surface area contributed by atoms with E-state index in [1.807, 2.05) is 0 Å². The molecular formula is C80H142N2Pd. The molecule has 1 aliphatic rings. The summed E-state index contributed by atoms with van der Waals surface area (Å²) in [5.74, 6) is 0. The zero-order chi connectivity index (χ0) is 59.4. The molecule has 1 aliphatic heterocycles. The number of hydrogen-bond donors (Lipinski definition) is 0. The quantitative estimate of drug-likeness (QED) is 0.0358. The van der Waals surface area contributed by atoms with Gasteiger partial charge in [-0.2, -0.15) is 0 Å². The van der Waals surface area contributed by atoms with Crippen molar-refractivity contribution in [1.82, 2.24) is 0 Å². The second-order valence-corrected chi connectivity index (χ2v) is 28.5. The van der Waals surface area contributed by atoms with Gasteiger partial charge in [0, 0.05) is 22.8 Å². The summed E-state index contributed by atoms with van der Waals surface area (Å²) < 4.78 is 1.47. The number of unbranched alkanes of at least 4 members (excludes halogenated alkanes) is 49. The molecule has 482 valence electrons. The molecule has 0 N–H and O–H groups in total. The number of hydrogen-bond acceptors (Lipinski definition) is 0. The van der Waals surface area contributed by atoms with E-state index in [1.54, 1.807) is 9.79 Å². The van der Waals surface area contributed by atoms with Crippen LogP contribution in [0.5, 0.6) is 0 Å². The van der Waals surface area contributed by atoms with E-state index in [2.05, 4.69) is 89.2 Å². The van der Waals surface area contributed by atoms with Crippen molar-refractivity contribution in [1.29, 1.82) is 0 Å². The smallest absolute Gasteiger partial charge is 0.0654 e. The number of allylic oxidation sites excluding steroid dienone is 2. The second-order valence-electron chi connectivity index (χ2n) is 26.2. The molecule has 0 atom stereocenters. The fourth-order valence-electron chi connectivity index (χ4n) is 12.5. The fraction of sp³-hybridized carbons (Fsp3) is 0.800. The number of nitrogens with zero attached hydrogens (tertiary/aromatic N) is 2. The Balaban J connectivity index is 0.000000584. The summed E-state index contributed by atoms with van der Waals surface area (Å²) >= 11 is 1.06. The van der Waals surface area contributed by atoms with Crippen molar-refractivity contribution in [2.24, 2.45) is 0 Å². The molecule has 2 aromatic carbocycles. The van der Waals surface area contributed by atoms with E-state index in [0.29, 0.717) is 0 Å². The predicted molar refractivity (Wildman–Crippen MR) is 371 cm³/mol. The first-order valence-corrected chi connectivity index (χ1v) is 39.9. The van der Waals surface area contributed by atoms with Gasteiger partial charge in [-0.1, -0.05) is 245 Å². The normalized spacial score (nSPS) is 12.5. The molecular weight excluding hydrogens is 1100 g/mol. The predicted octanol–water partition coefficient (Wildman–Crippen LogP) is 29.0. The molecule has 0 saturated carbocycles. The molecule has 3 rings (SSSR count). The van der Waals surface area contributed by atoms with Crippen LogP contribution in [0.15, 0.2) is 60.2 Å². The van der Waals surface area contributed by atoms with Gasteiger partial charge in [-0.25, -0.2) is 4.70 Å². The fourth-order valence-corrected chi connectivity index (χ4v) is 14.5. The molecule has 0 saturated heterocycles. The molecule has 0 unspecified atom stereocenters. The first kappa shape index (κ1) is 77.3. The van der Waals surface area contributed by atoms with E-state index in [1.165, 1.54) is 368 Å². The Morgan fingerprint density at radius 2 is 0.542 bits per heavy atom. The first-order valence-electron chi connectivity index (χ1n) is 37.7. The molecule has 2 nitrogen and oxygen atoms in total. The minimum absolute atomic E-state index is 0.916. The van der Waals surface area contributed by atoms with Crippen LogP contribution < -0.4 is 0 Å². The Morgan fingerprint density at radius 1 is 0.289 bits per heavy atom. The van der Waals surface area contributed by atoms with Crippen LogP contribution in [0, 0.1) is 0 Å². The molecule has 0 aromatic heterocycles. The van der Waals surface area contributed by atoms with E-state index in [9.17, 15) is 5.53 Å². The Labute approximate surface area is 529 Å². The average Bonchev–Trinajstić information content (AvgIpc) is 3.97. The summed E-state index contributed by atoms with van der Waals surface area (Å²) in [7, 11) is 0. The molecule has 1 heterocycles. The Morgan fingerprint density at radius 3 is 0.855 bits per heavy atom. The maximum absolute atomic E-state index is 11.5. The second kappa shape index (κ2) is 60.5. The van der Waals surface area contributed by atoms with Crippen LogP contribution in [0.25, 0.3) is 16.9 Å². The van der Waals surface area contributed by atoms with E-state index in [0.717, 1.165) is 59.8 Å². The number of benzene rings is 2. The molecule has 83 heavy (non-hydrogen) atoms. The van der Waals surface area contributed by atoms with E-state index < -0.39 is 0 Å². The van der Waals surface area contributed by atoms with E-state index >= 15 is 0 Å². The number of aryl methyl sites for hydroxylation is 2. The molecule has 0 amide bonds. The SMILES string of the molecule is CCCCCCC1=C(c2cccc(CCCCCC)c2)[N+](=[N-])C(c2cccc(CCCCCC)c2)=C1.CCCCCCCCCCCCCCCCCCCCCC[CH2][Pd][CH2]CCCCCCCCCCCCCCCCCCCCCC. The van der Waals surface area contributed by atoms with Gasteiger partial charge in [-0.05, 0) is 73.9 Å². The van der Waals surface area contributed by atoms with Crippen LogP contribution in [-0.4, -0.2) is 4.70 Å². The van der Waals surface area contributed by atoms with Gasteiger partial charge in [0.15, 0.2) is 0 Å². The Kier molecular flexibility index (Phi) is 56.3. The third kappa shape index (κ3) is 45.2. The van der Waals surface area contributed by atoms with Crippen molar-refractivity contribution in [3.63, 3.8) is 0 Å². The van der Waals surface area contributed by atoms with E-state index in [4.69, 9.17) is 0 Å². The van der Waals surface area contributed by atoms with Crippen LogP contribution in [0.2, 0.25) is 9.79 Å². The topological polar surface area (TPSA) is 25.3 Å². The van der Waals surface area contributed by atoms with Crippen molar-refractivity contribution >= 4 is 11.4 Å². The van der Waals surface area contributed by atoms with Crippen LogP contribution >= 0.6 is 0 Å². The summed E-state index contributed by atoms with van der Waals surface area (Å²) in [5.41, 5.74) is 19.7. The van der Waals surface area contributed by atoms with E-state index in [-0.39, 0.29) is 0 Å². The summed E-state index contributed by atoms with van der Waals surface area (Å²) in [6, 6.07) is 17.7. The zero-order valence-electron chi connectivity index (χ0n) is 56.6. The minimum atomic E-state index is 0.916. The van der Waals surface area contributed by atoms with Gasteiger partial charge in [0.1, 0.15) is 0 Å². The monoisotopic (exact) mass is 1240 g/mol. The summed E-state index contributed by atoms with van der Waals surface area (Å²) in [6.07, 6.45) is 83.1. The molecule has 0 aliphatic carbocycles. The molecule has 0 fully saturated rings. The summed E-state index contributed by atoms with van der Waals surface area (Å²) in [4.78, 5) is 3.10. The van der Waals surface area contributed by atoms with Crippen molar-refractivity contribution in [3.8, 4) is 0 Å². The molecule has 0 spiro atoms. The van der Waals surface area contributed by atoms with Crippen LogP contribution in [0.1, 0.15) is 410 Å². The van der Waals surface area contributed by atoms with Crippen molar-refractivity contribution < 1.29 is 22.7 Å². The van der Waals surface area contributed by atoms with Crippen LogP contribution in [-0.2, 0) is 30.8 Å². The molecule has 3 heteroatoms. The Hall–Kier alpha value is -1.82. The van der Waals surface area contributed by atoms with Gasteiger partial charge in [0.25, 0.3) is 0 Å². The minimum Gasteiger partial charge on any atom is -0.0654 e. The summed E-state index contributed by atoms with van der Waals surface area (Å²) in [5, 5.41) is 0. The van der Waals surface area contributed by atoms with Crippen LogP contribution in [0.3, 0.4) is 0 Å². The first-order chi connectivity index (χ1) is 41.1. The average molecular weight is 1240 g/mol. The van der Waals surface area contributed by atoms with Gasteiger partial charge in [0.2, 0.25) is 11.4 Å². The van der Waals surface area contributed by atoms with Gasteiger partial charge < -0.3 is 5.53 Å². The summed E-state index contributed by atoms with van der Waals surface area (Å²) in [6.45, 7) is 11.4. The van der Waals surface area contributed by atoms with Crippen LogP contribution in [0.4, 0.5) is 0 Å². The van der Waals surface area contributed by atoms with Crippen molar-refractivity contribution in [2.45, 2.75) is 410 Å². The molecule has 0 bridgehead atoms. The molecule has 2 aromatic rings. The van der Waals surface area contributed by atoms with Crippen molar-refractivity contribution in [2.75, 3.05) is 0 Å².